The van der Waals surface area contributed by atoms with Gasteiger partial charge in [0.2, 0.25) is 0 Å². The molecule has 6 heteroatoms. The maximum Gasteiger partial charge on any atom is 0.193 e. The lowest BCUT2D eigenvalue weighted by Crippen LogP contribution is -2.40. The minimum absolute atomic E-state index is 0. The third-order valence-corrected chi connectivity index (χ3v) is 5.18. The first-order valence-corrected chi connectivity index (χ1v) is 10.1. The Morgan fingerprint density at radius 3 is 2.74 bits per heavy atom. The van der Waals surface area contributed by atoms with Crippen molar-refractivity contribution in [1.82, 2.24) is 10.2 Å². The molecule has 0 aliphatic carbocycles. The standard InChI is InChI=1S/C21H33N3O2.HI/c1-2-22-21(23-12-6-14-26-20-10-15-25-16-11-20)24-13-9-19(17-24)18-7-4-3-5-8-18;/h3-5,7-8,19-20H,2,6,9-17H2,1H3,(H,22,23);1H. The molecule has 0 saturated carbocycles. The molecule has 27 heavy (non-hydrogen) atoms. The molecule has 2 aliphatic rings. The molecule has 0 aromatic heterocycles. The van der Waals surface area contributed by atoms with Crippen molar-refractivity contribution in [2.24, 2.45) is 4.99 Å². The highest BCUT2D eigenvalue weighted by Gasteiger charge is 2.25. The normalized spacial score (nSPS) is 21.1. The van der Waals surface area contributed by atoms with Crippen LogP contribution in [0.4, 0.5) is 0 Å². The molecular weight excluding hydrogens is 453 g/mol. The van der Waals surface area contributed by atoms with Crippen LogP contribution in [-0.2, 0) is 9.47 Å². The molecule has 1 atom stereocenters. The summed E-state index contributed by atoms with van der Waals surface area (Å²) in [5.74, 6) is 1.66. The van der Waals surface area contributed by atoms with Crippen molar-refractivity contribution in [3.05, 3.63) is 35.9 Å². The predicted molar refractivity (Wildman–Crippen MR) is 121 cm³/mol. The second-order valence-corrected chi connectivity index (χ2v) is 7.11. The number of nitrogens with zero attached hydrogens (tertiary/aromatic N) is 2. The van der Waals surface area contributed by atoms with E-state index in [0.29, 0.717) is 12.0 Å². The molecule has 2 aliphatic heterocycles. The molecule has 0 amide bonds. The first kappa shape index (κ1) is 22.4. The molecule has 3 rings (SSSR count). The van der Waals surface area contributed by atoms with Crippen LogP contribution in [0, 0.1) is 0 Å². The number of nitrogens with one attached hydrogen (secondary N) is 1. The SMILES string of the molecule is CCNC(=NCCCOC1CCOCC1)N1CCC(c2ccccc2)C1.I. The Morgan fingerprint density at radius 1 is 1.22 bits per heavy atom. The van der Waals surface area contributed by atoms with Gasteiger partial charge >= 0.3 is 0 Å². The summed E-state index contributed by atoms with van der Waals surface area (Å²) in [6.07, 6.45) is 4.61. The van der Waals surface area contributed by atoms with Crippen LogP contribution in [0.25, 0.3) is 0 Å². The van der Waals surface area contributed by atoms with E-state index in [0.717, 1.165) is 71.2 Å². The fraction of sp³-hybridized carbons (Fsp3) is 0.667. The van der Waals surface area contributed by atoms with Crippen LogP contribution in [0.2, 0.25) is 0 Å². The Hall–Kier alpha value is -0.860. The molecule has 2 heterocycles. The van der Waals surface area contributed by atoms with Gasteiger partial charge in [-0.05, 0) is 38.2 Å². The van der Waals surface area contributed by atoms with E-state index in [4.69, 9.17) is 14.5 Å². The second-order valence-electron chi connectivity index (χ2n) is 7.11. The molecule has 1 aromatic rings. The van der Waals surface area contributed by atoms with Crippen LogP contribution in [0.1, 0.15) is 44.1 Å². The zero-order valence-electron chi connectivity index (χ0n) is 16.4. The van der Waals surface area contributed by atoms with Gasteiger partial charge in [0.1, 0.15) is 0 Å². The molecule has 5 nitrogen and oxygen atoms in total. The molecule has 1 N–H and O–H groups in total. The second kappa shape index (κ2) is 12.6. The third-order valence-electron chi connectivity index (χ3n) is 5.18. The lowest BCUT2D eigenvalue weighted by molar-refractivity contribution is -0.0318. The molecule has 0 radical (unpaired) electrons. The summed E-state index contributed by atoms with van der Waals surface area (Å²) in [4.78, 5) is 7.24. The lowest BCUT2D eigenvalue weighted by atomic mass is 9.99. The maximum atomic E-state index is 5.94. The molecule has 0 bridgehead atoms. The fourth-order valence-electron chi connectivity index (χ4n) is 3.72. The number of halogens is 1. The quantitative estimate of drug-likeness (QED) is 0.276. The Balaban J connectivity index is 0.00000261. The topological polar surface area (TPSA) is 46.1 Å². The van der Waals surface area contributed by atoms with E-state index in [1.165, 1.54) is 12.0 Å². The number of rotatable bonds is 7. The lowest BCUT2D eigenvalue weighted by Gasteiger charge is -2.23. The van der Waals surface area contributed by atoms with E-state index in [1.807, 2.05) is 0 Å². The van der Waals surface area contributed by atoms with Gasteiger partial charge in [0.25, 0.3) is 0 Å². The fourth-order valence-corrected chi connectivity index (χ4v) is 3.72. The zero-order chi connectivity index (χ0) is 18.0. The van der Waals surface area contributed by atoms with E-state index in [-0.39, 0.29) is 24.0 Å². The van der Waals surface area contributed by atoms with Gasteiger partial charge in [0.15, 0.2) is 5.96 Å². The highest BCUT2D eigenvalue weighted by Crippen LogP contribution is 2.26. The molecule has 152 valence electrons. The molecule has 0 spiro atoms. The van der Waals surface area contributed by atoms with Crippen LogP contribution >= 0.6 is 24.0 Å². The van der Waals surface area contributed by atoms with Gasteiger partial charge in [-0.15, -0.1) is 24.0 Å². The first-order valence-electron chi connectivity index (χ1n) is 10.1. The van der Waals surface area contributed by atoms with E-state index < -0.39 is 0 Å². The maximum absolute atomic E-state index is 5.94. The van der Waals surface area contributed by atoms with Crippen LogP contribution < -0.4 is 5.32 Å². The number of likely N-dealkylation sites (tertiary alicyclic amines) is 1. The van der Waals surface area contributed by atoms with Crippen molar-refractivity contribution in [3.63, 3.8) is 0 Å². The highest BCUT2D eigenvalue weighted by atomic mass is 127. The van der Waals surface area contributed by atoms with Crippen molar-refractivity contribution in [3.8, 4) is 0 Å². The summed E-state index contributed by atoms with van der Waals surface area (Å²) < 4.78 is 11.3. The van der Waals surface area contributed by atoms with Gasteiger partial charge in [0, 0.05) is 51.9 Å². The minimum atomic E-state index is 0. The average molecular weight is 487 g/mol. The predicted octanol–water partition coefficient (Wildman–Crippen LogP) is 3.65. The molecule has 1 unspecified atom stereocenters. The van der Waals surface area contributed by atoms with E-state index in [9.17, 15) is 0 Å². The van der Waals surface area contributed by atoms with Crippen molar-refractivity contribution in [2.75, 3.05) is 46.0 Å². The van der Waals surface area contributed by atoms with Gasteiger partial charge in [-0.3, -0.25) is 4.99 Å². The molecular formula is C21H34IN3O2. The Labute approximate surface area is 180 Å². The van der Waals surface area contributed by atoms with Gasteiger partial charge in [-0.25, -0.2) is 0 Å². The molecule has 1 aromatic carbocycles. The number of ether oxygens (including phenoxy) is 2. The molecule has 2 saturated heterocycles. The van der Waals surface area contributed by atoms with Crippen molar-refractivity contribution in [1.29, 1.82) is 0 Å². The van der Waals surface area contributed by atoms with E-state index >= 15 is 0 Å². The van der Waals surface area contributed by atoms with Crippen molar-refractivity contribution in [2.45, 2.75) is 44.6 Å². The number of benzene rings is 1. The highest BCUT2D eigenvalue weighted by molar-refractivity contribution is 14.0. The number of hydrogen-bond donors (Lipinski definition) is 1. The third kappa shape index (κ3) is 7.23. The van der Waals surface area contributed by atoms with Crippen molar-refractivity contribution >= 4 is 29.9 Å². The zero-order valence-corrected chi connectivity index (χ0v) is 18.8. The Morgan fingerprint density at radius 2 is 2.00 bits per heavy atom. The number of guanidine groups is 1. The van der Waals surface area contributed by atoms with Crippen LogP contribution in [-0.4, -0.2) is 63.0 Å². The smallest absolute Gasteiger partial charge is 0.193 e. The summed E-state index contributed by atoms with van der Waals surface area (Å²) in [5.41, 5.74) is 1.44. The Kier molecular flexibility index (Phi) is 10.4. The van der Waals surface area contributed by atoms with E-state index in [2.05, 4.69) is 47.5 Å². The number of hydrogen-bond acceptors (Lipinski definition) is 3. The largest absolute Gasteiger partial charge is 0.381 e. The minimum Gasteiger partial charge on any atom is -0.381 e. The van der Waals surface area contributed by atoms with Crippen LogP contribution in [0.15, 0.2) is 35.3 Å². The first-order chi connectivity index (χ1) is 12.9. The summed E-state index contributed by atoms with van der Waals surface area (Å²) in [7, 11) is 0. The van der Waals surface area contributed by atoms with Gasteiger partial charge in [-0.2, -0.15) is 0 Å². The summed E-state index contributed by atoms with van der Waals surface area (Å²) in [6.45, 7) is 8.45. The van der Waals surface area contributed by atoms with Crippen LogP contribution in [0.3, 0.4) is 0 Å². The van der Waals surface area contributed by atoms with Crippen molar-refractivity contribution < 1.29 is 9.47 Å². The van der Waals surface area contributed by atoms with Gasteiger partial charge in [0.05, 0.1) is 6.10 Å². The summed E-state index contributed by atoms with van der Waals surface area (Å²) >= 11 is 0. The molecule has 2 fully saturated rings. The Bertz CT molecular complexity index is 550. The summed E-state index contributed by atoms with van der Waals surface area (Å²) in [5, 5.41) is 3.46. The summed E-state index contributed by atoms with van der Waals surface area (Å²) in [6, 6.07) is 10.8. The number of aliphatic imine (C=N–C) groups is 1. The van der Waals surface area contributed by atoms with Gasteiger partial charge < -0.3 is 19.7 Å². The average Bonchev–Trinajstić information content (AvgIpc) is 3.18. The van der Waals surface area contributed by atoms with Crippen LogP contribution in [0.5, 0.6) is 0 Å². The van der Waals surface area contributed by atoms with Gasteiger partial charge in [-0.1, -0.05) is 30.3 Å². The monoisotopic (exact) mass is 487 g/mol. The van der Waals surface area contributed by atoms with E-state index in [1.54, 1.807) is 0 Å².